The Morgan fingerprint density at radius 2 is 1.80 bits per heavy atom. The number of hydrogen-bond donors (Lipinski definition) is 2. The first-order valence-electron chi connectivity index (χ1n) is 7.48. The smallest absolute Gasteiger partial charge is 0.223 e. The second-order valence-corrected chi connectivity index (χ2v) is 5.73. The van der Waals surface area contributed by atoms with E-state index in [1.807, 2.05) is 44.2 Å². The van der Waals surface area contributed by atoms with E-state index in [4.69, 9.17) is 0 Å². The topological polar surface area (TPSA) is 49.3 Å². The van der Waals surface area contributed by atoms with Crippen LogP contribution in [0.25, 0.3) is 0 Å². The number of rotatable bonds is 7. The molecule has 4 unspecified atom stereocenters. The van der Waals surface area contributed by atoms with Crippen molar-refractivity contribution in [3.63, 3.8) is 0 Å². The molecule has 0 radical (unpaired) electrons. The van der Waals surface area contributed by atoms with Gasteiger partial charge in [0, 0.05) is 12.3 Å². The third-order valence-electron chi connectivity index (χ3n) is 4.15. The minimum atomic E-state index is -0.564. The largest absolute Gasteiger partial charge is 0.391 e. The van der Waals surface area contributed by atoms with E-state index in [0.717, 1.165) is 12.0 Å². The van der Waals surface area contributed by atoms with Gasteiger partial charge in [0.25, 0.3) is 0 Å². The summed E-state index contributed by atoms with van der Waals surface area (Å²) >= 11 is 0. The molecule has 2 N–H and O–H groups in total. The number of carbonyl (C=O) groups excluding carboxylic acids is 1. The summed E-state index contributed by atoms with van der Waals surface area (Å²) < 4.78 is 0. The Morgan fingerprint density at radius 3 is 2.35 bits per heavy atom. The van der Waals surface area contributed by atoms with Gasteiger partial charge in [-0.25, -0.2) is 0 Å². The first kappa shape index (κ1) is 16.7. The Bertz CT molecular complexity index is 405. The molecule has 0 heterocycles. The van der Waals surface area contributed by atoms with Crippen LogP contribution in [0.1, 0.15) is 39.7 Å². The van der Waals surface area contributed by atoms with Crippen molar-refractivity contribution in [2.45, 2.75) is 52.7 Å². The third kappa shape index (κ3) is 4.97. The molecule has 0 aromatic heterocycles. The number of aliphatic hydroxyl groups is 1. The molecule has 0 saturated carbocycles. The number of hydrogen-bond acceptors (Lipinski definition) is 2. The van der Waals surface area contributed by atoms with E-state index in [2.05, 4.69) is 19.2 Å². The molecule has 0 fully saturated rings. The molecule has 0 bridgehead atoms. The summed E-state index contributed by atoms with van der Waals surface area (Å²) in [6.07, 6.45) is 0.973. The molecule has 1 aromatic rings. The molecule has 1 amide bonds. The van der Waals surface area contributed by atoms with E-state index in [0.29, 0.717) is 12.3 Å². The van der Waals surface area contributed by atoms with Crippen LogP contribution in [-0.4, -0.2) is 23.2 Å². The Kier molecular flexibility index (Phi) is 6.73. The highest BCUT2D eigenvalue weighted by molar-refractivity contribution is 5.78. The van der Waals surface area contributed by atoms with Crippen LogP contribution in [0.15, 0.2) is 30.3 Å². The molecule has 3 nitrogen and oxygen atoms in total. The van der Waals surface area contributed by atoms with Gasteiger partial charge in [0.1, 0.15) is 0 Å². The predicted octanol–water partition coefficient (Wildman–Crippen LogP) is 2.78. The standard InChI is InChI=1S/C17H27NO2/c1-5-12(2)13(3)17(20)18-14(4)16(19)11-15-9-7-6-8-10-15/h6-10,12-14,16,19H,5,11H2,1-4H3,(H,18,20). The predicted molar refractivity (Wildman–Crippen MR) is 82.4 cm³/mol. The summed E-state index contributed by atoms with van der Waals surface area (Å²) in [5.74, 6) is 0.360. The Balaban J connectivity index is 2.49. The molecule has 0 aliphatic carbocycles. The van der Waals surface area contributed by atoms with Gasteiger partial charge < -0.3 is 10.4 Å². The van der Waals surface area contributed by atoms with Gasteiger partial charge in [0.05, 0.1) is 12.1 Å². The maximum Gasteiger partial charge on any atom is 0.223 e. The van der Waals surface area contributed by atoms with Crippen molar-refractivity contribution in [3.8, 4) is 0 Å². The van der Waals surface area contributed by atoms with Crippen LogP contribution >= 0.6 is 0 Å². The fraction of sp³-hybridized carbons (Fsp3) is 0.588. The lowest BCUT2D eigenvalue weighted by Crippen LogP contribution is -2.45. The zero-order chi connectivity index (χ0) is 15.1. The van der Waals surface area contributed by atoms with Crippen molar-refractivity contribution in [1.29, 1.82) is 0 Å². The summed E-state index contributed by atoms with van der Waals surface area (Å²) in [5.41, 5.74) is 1.08. The highest BCUT2D eigenvalue weighted by Crippen LogP contribution is 2.15. The van der Waals surface area contributed by atoms with Crippen molar-refractivity contribution in [2.24, 2.45) is 11.8 Å². The zero-order valence-corrected chi connectivity index (χ0v) is 13.0. The molecule has 3 heteroatoms. The molecular formula is C17H27NO2. The summed E-state index contributed by atoms with van der Waals surface area (Å²) in [5, 5.41) is 13.1. The second kappa shape index (κ2) is 8.05. The number of benzene rings is 1. The van der Waals surface area contributed by atoms with Crippen LogP contribution in [0.3, 0.4) is 0 Å². The Labute approximate surface area is 122 Å². The van der Waals surface area contributed by atoms with Crippen molar-refractivity contribution >= 4 is 5.91 Å². The number of aliphatic hydroxyl groups excluding tert-OH is 1. The van der Waals surface area contributed by atoms with Gasteiger partial charge in [-0.2, -0.15) is 0 Å². The normalized spacial score (nSPS) is 17.1. The molecule has 20 heavy (non-hydrogen) atoms. The van der Waals surface area contributed by atoms with Gasteiger partial charge in [-0.05, 0) is 18.4 Å². The van der Waals surface area contributed by atoms with Gasteiger partial charge in [0.15, 0.2) is 0 Å². The van der Waals surface area contributed by atoms with E-state index in [9.17, 15) is 9.90 Å². The summed E-state index contributed by atoms with van der Waals surface area (Å²) in [6.45, 7) is 7.96. The molecule has 1 aromatic carbocycles. The van der Waals surface area contributed by atoms with Crippen LogP contribution in [0.2, 0.25) is 0 Å². The highest BCUT2D eigenvalue weighted by Gasteiger charge is 2.23. The molecule has 0 saturated heterocycles. The minimum Gasteiger partial charge on any atom is -0.391 e. The molecule has 0 aliphatic rings. The third-order valence-corrected chi connectivity index (χ3v) is 4.15. The number of amides is 1. The Hall–Kier alpha value is -1.35. The van der Waals surface area contributed by atoms with Gasteiger partial charge in [-0.15, -0.1) is 0 Å². The van der Waals surface area contributed by atoms with Crippen molar-refractivity contribution in [2.75, 3.05) is 0 Å². The average Bonchev–Trinajstić information content (AvgIpc) is 2.46. The summed E-state index contributed by atoms with van der Waals surface area (Å²) in [4.78, 5) is 12.1. The van der Waals surface area contributed by atoms with Crippen LogP contribution < -0.4 is 5.32 Å². The second-order valence-electron chi connectivity index (χ2n) is 5.73. The minimum absolute atomic E-state index is 0.0219. The fourth-order valence-corrected chi connectivity index (χ4v) is 2.10. The van der Waals surface area contributed by atoms with Gasteiger partial charge in [-0.3, -0.25) is 4.79 Å². The molecular weight excluding hydrogens is 250 g/mol. The van der Waals surface area contributed by atoms with Crippen LogP contribution in [-0.2, 0) is 11.2 Å². The maximum atomic E-state index is 12.1. The van der Waals surface area contributed by atoms with E-state index >= 15 is 0 Å². The molecule has 112 valence electrons. The zero-order valence-electron chi connectivity index (χ0n) is 13.0. The lowest BCUT2D eigenvalue weighted by molar-refractivity contribution is -0.127. The average molecular weight is 277 g/mol. The Morgan fingerprint density at radius 1 is 1.20 bits per heavy atom. The van der Waals surface area contributed by atoms with Crippen molar-refractivity contribution in [3.05, 3.63) is 35.9 Å². The number of nitrogens with one attached hydrogen (secondary N) is 1. The molecule has 4 atom stereocenters. The summed E-state index contributed by atoms with van der Waals surface area (Å²) in [6, 6.07) is 9.59. The maximum absolute atomic E-state index is 12.1. The van der Waals surface area contributed by atoms with E-state index in [1.54, 1.807) is 0 Å². The van der Waals surface area contributed by atoms with E-state index < -0.39 is 6.10 Å². The molecule has 1 rings (SSSR count). The van der Waals surface area contributed by atoms with E-state index in [1.165, 1.54) is 0 Å². The monoisotopic (exact) mass is 277 g/mol. The molecule has 0 aliphatic heterocycles. The molecule has 0 spiro atoms. The van der Waals surface area contributed by atoms with Gasteiger partial charge >= 0.3 is 0 Å². The first-order chi connectivity index (χ1) is 9.45. The van der Waals surface area contributed by atoms with Gasteiger partial charge in [0.2, 0.25) is 5.91 Å². The van der Waals surface area contributed by atoms with Crippen molar-refractivity contribution < 1.29 is 9.90 Å². The van der Waals surface area contributed by atoms with Gasteiger partial charge in [-0.1, -0.05) is 57.5 Å². The first-order valence-corrected chi connectivity index (χ1v) is 7.48. The SMILES string of the molecule is CCC(C)C(C)C(=O)NC(C)C(O)Cc1ccccc1. The van der Waals surface area contributed by atoms with E-state index in [-0.39, 0.29) is 17.9 Å². The quantitative estimate of drug-likeness (QED) is 0.805. The van der Waals surface area contributed by atoms with Crippen LogP contribution in [0.4, 0.5) is 0 Å². The van der Waals surface area contributed by atoms with Crippen LogP contribution in [0, 0.1) is 11.8 Å². The summed E-state index contributed by atoms with van der Waals surface area (Å²) in [7, 11) is 0. The lowest BCUT2D eigenvalue weighted by atomic mass is 9.92. The highest BCUT2D eigenvalue weighted by atomic mass is 16.3. The number of carbonyl (C=O) groups is 1. The van der Waals surface area contributed by atoms with Crippen LogP contribution in [0.5, 0.6) is 0 Å². The fourth-order valence-electron chi connectivity index (χ4n) is 2.10. The lowest BCUT2D eigenvalue weighted by Gasteiger charge is -2.24. The van der Waals surface area contributed by atoms with Crippen molar-refractivity contribution in [1.82, 2.24) is 5.32 Å².